The molecule has 0 radical (unpaired) electrons. The maximum atomic E-state index is 12.0. The highest BCUT2D eigenvalue weighted by atomic mass is 19.3. The standard InChI is InChI=1S/C5H9F2N3/c1-10-3-2-5(8,9-10)4(6)7/h2-4,9H,8H2,1H3. The minimum Gasteiger partial charge on any atom is -0.317 e. The van der Waals surface area contributed by atoms with Crippen molar-refractivity contribution in [1.82, 2.24) is 10.4 Å². The Balaban J connectivity index is 2.65. The summed E-state index contributed by atoms with van der Waals surface area (Å²) in [5.74, 6) is 0. The van der Waals surface area contributed by atoms with Crippen LogP contribution in [0.25, 0.3) is 0 Å². The molecule has 1 aliphatic heterocycles. The van der Waals surface area contributed by atoms with Crippen molar-refractivity contribution in [3.05, 3.63) is 12.3 Å². The van der Waals surface area contributed by atoms with Gasteiger partial charge in [0.2, 0.25) is 0 Å². The topological polar surface area (TPSA) is 41.3 Å². The fraction of sp³-hybridized carbons (Fsp3) is 0.600. The van der Waals surface area contributed by atoms with Gasteiger partial charge in [0, 0.05) is 13.2 Å². The third-order valence-electron chi connectivity index (χ3n) is 1.31. The van der Waals surface area contributed by atoms with Gasteiger partial charge < -0.3 is 10.7 Å². The molecule has 0 aromatic heterocycles. The Labute approximate surface area is 57.5 Å². The lowest BCUT2D eigenvalue weighted by molar-refractivity contribution is 0.0408. The summed E-state index contributed by atoms with van der Waals surface area (Å²) < 4.78 is 24.1. The van der Waals surface area contributed by atoms with E-state index in [-0.39, 0.29) is 0 Å². The molecule has 5 heteroatoms. The van der Waals surface area contributed by atoms with Crippen LogP contribution in [0.5, 0.6) is 0 Å². The van der Waals surface area contributed by atoms with Crippen LogP contribution < -0.4 is 11.2 Å². The summed E-state index contributed by atoms with van der Waals surface area (Å²) in [5, 5.41) is 1.40. The molecule has 0 amide bonds. The maximum absolute atomic E-state index is 12.0. The summed E-state index contributed by atoms with van der Waals surface area (Å²) in [7, 11) is 1.60. The maximum Gasteiger partial charge on any atom is 0.274 e. The molecule has 0 spiro atoms. The first kappa shape index (κ1) is 7.43. The van der Waals surface area contributed by atoms with E-state index < -0.39 is 12.1 Å². The van der Waals surface area contributed by atoms with Crippen molar-refractivity contribution in [2.24, 2.45) is 5.73 Å². The fourth-order valence-corrected chi connectivity index (χ4v) is 0.737. The van der Waals surface area contributed by atoms with Crippen LogP contribution in [-0.2, 0) is 0 Å². The Hall–Kier alpha value is -0.680. The Bertz CT molecular complexity index is 159. The smallest absolute Gasteiger partial charge is 0.274 e. The average molecular weight is 149 g/mol. The van der Waals surface area contributed by atoms with Gasteiger partial charge >= 0.3 is 0 Å². The van der Waals surface area contributed by atoms with Crippen LogP contribution in [0.3, 0.4) is 0 Å². The monoisotopic (exact) mass is 149 g/mol. The van der Waals surface area contributed by atoms with E-state index in [0.29, 0.717) is 0 Å². The van der Waals surface area contributed by atoms with Gasteiger partial charge in [-0.25, -0.2) is 14.2 Å². The van der Waals surface area contributed by atoms with E-state index in [1.807, 2.05) is 0 Å². The minimum atomic E-state index is -2.59. The van der Waals surface area contributed by atoms with Crippen LogP contribution >= 0.6 is 0 Å². The molecule has 1 unspecified atom stereocenters. The van der Waals surface area contributed by atoms with Crippen LogP contribution in [0.15, 0.2) is 12.3 Å². The van der Waals surface area contributed by atoms with Gasteiger partial charge in [-0.3, -0.25) is 0 Å². The molecule has 1 aliphatic rings. The van der Waals surface area contributed by atoms with Crippen LogP contribution in [-0.4, -0.2) is 24.1 Å². The molecule has 0 aromatic carbocycles. The number of hydrogen-bond acceptors (Lipinski definition) is 3. The molecule has 0 saturated heterocycles. The summed E-state index contributed by atoms with van der Waals surface area (Å²) >= 11 is 0. The molecule has 0 saturated carbocycles. The van der Waals surface area contributed by atoms with E-state index in [0.717, 1.165) is 0 Å². The van der Waals surface area contributed by atoms with Gasteiger partial charge in [-0.15, -0.1) is 0 Å². The second-order valence-corrected chi connectivity index (χ2v) is 2.27. The number of rotatable bonds is 1. The van der Waals surface area contributed by atoms with Crippen molar-refractivity contribution >= 4 is 0 Å². The number of hydrazine groups is 1. The molecular weight excluding hydrogens is 140 g/mol. The first-order valence-electron chi connectivity index (χ1n) is 2.81. The lowest BCUT2D eigenvalue weighted by atomic mass is 10.2. The minimum absolute atomic E-state index is 1.23. The first-order chi connectivity index (χ1) is 4.54. The van der Waals surface area contributed by atoms with Gasteiger partial charge in [-0.1, -0.05) is 0 Å². The molecule has 1 rings (SSSR count). The van der Waals surface area contributed by atoms with Crippen LogP contribution in [0, 0.1) is 0 Å². The summed E-state index contributed by atoms with van der Waals surface area (Å²) in [5.41, 5.74) is 5.91. The summed E-state index contributed by atoms with van der Waals surface area (Å²) in [6.45, 7) is 0. The van der Waals surface area contributed by atoms with Crippen molar-refractivity contribution in [2.45, 2.75) is 12.1 Å². The predicted molar refractivity (Wildman–Crippen MR) is 33.0 cm³/mol. The third kappa shape index (κ3) is 1.10. The number of nitrogens with one attached hydrogen (secondary N) is 1. The number of hydrogen-bond donors (Lipinski definition) is 2. The number of alkyl halides is 2. The molecule has 10 heavy (non-hydrogen) atoms. The van der Waals surface area contributed by atoms with Crippen LogP contribution in [0.4, 0.5) is 8.78 Å². The molecule has 58 valence electrons. The zero-order chi connectivity index (χ0) is 7.78. The number of halogens is 2. The largest absolute Gasteiger partial charge is 0.317 e. The Kier molecular flexibility index (Phi) is 1.61. The summed E-state index contributed by atoms with van der Waals surface area (Å²) in [6, 6.07) is 0. The fourth-order valence-electron chi connectivity index (χ4n) is 0.737. The number of nitrogens with zero attached hydrogens (tertiary/aromatic N) is 1. The van der Waals surface area contributed by atoms with Gasteiger partial charge in [-0.05, 0) is 6.08 Å². The van der Waals surface area contributed by atoms with E-state index in [1.165, 1.54) is 17.3 Å². The zero-order valence-electron chi connectivity index (χ0n) is 5.51. The van der Waals surface area contributed by atoms with E-state index in [9.17, 15) is 8.78 Å². The second kappa shape index (κ2) is 2.17. The lowest BCUT2D eigenvalue weighted by Crippen LogP contribution is -2.57. The summed E-state index contributed by atoms with van der Waals surface area (Å²) in [6.07, 6.45) is 0.109. The Morgan fingerprint density at radius 1 is 1.70 bits per heavy atom. The number of nitrogens with two attached hydrogens (primary N) is 1. The molecule has 0 bridgehead atoms. The van der Waals surface area contributed by atoms with Gasteiger partial charge in [0.1, 0.15) is 0 Å². The highest BCUT2D eigenvalue weighted by Gasteiger charge is 2.36. The van der Waals surface area contributed by atoms with Crippen molar-refractivity contribution in [2.75, 3.05) is 7.05 Å². The molecule has 0 aliphatic carbocycles. The van der Waals surface area contributed by atoms with Crippen molar-refractivity contribution in [3.63, 3.8) is 0 Å². The highest BCUT2D eigenvalue weighted by Crippen LogP contribution is 2.15. The highest BCUT2D eigenvalue weighted by molar-refractivity contribution is 5.08. The van der Waals surface area contributed by atoms with Gasteiger partial charge in [0.25, 0.3) is 6.43 Å². The second-order valence-electron chi connectivity index (χ2n) is 2.27. The van der Waals surface area contributed by atoms with Crippen molar-refractivity contribution < 1.29 is 8.78 Å². The van der Waals surface area contributed by atoms with Gasteiger partial charge in [-0.2, -0.15) is 0 Å². The zero-order valence-corrected chi connectivity index (χ0v) is 5.51. The molecular formula is C5H9F2N3. The quantitative estimate of drug-likeness (QED) is 0.545. The molecule has 3 nitrogen and oxygen atoms in total. The third-order valence-corrected chi connectivity index (χ3v) is 1.31. The molecule has 0 aromatic rings. The van der Waals surface area contributed by atoms with Gasteiger partial charge in [0.05, 0.1) is 0 Å². The Morgan fingerprint density at radius 3 is 2.50 bits per heavy atom. The predicted octanol–water partition coefficient (Wildman–Crippen LogP) is -0.130. The molecule has 1 atom stereocenters. The van der Waals surface area contributed by atoms with Crippen molar-refractivity contribution in [1.29, 1.82) is 0 Å². The first-order valence-corrected chi connectivity index (χ1v) is 2.81. The van der Waals surface area contributed by atoms with Crippen LogP contribution in [0.1, 0.15) is 0 Å². The van der Waals surface area contributed by atoms with E-state index >= 15 is 0 Å². The van der Waals surface area contributed by atoms with E-state index in [2.05, 4.69) is 5.43 Å². The van der Waals surface area contributed by atoms with Gasteiger partial charge in [0.15, 0.2) is 5.66 Å². The average Bonchev–Trinajstić information content (AvgIpc) is 2.13. The van der Waals surface area contributed by atoms with Crippen molar-refractivity contribution in [3.8, 4) is 0 Å². The van der Waals surface area contributed by atoms with E-state index in [4.69, 9.17) is 5.73 Å². The normalized spacial score (nSPS) is 32.3. The molecule has 3 N–H and O–H groups in total. The van der Waals surface area contributed by atoms with E-state index in [1.54, 1.807) is 7.05 Å². The lowest BCUT2D eigenvalue weighted by Gasteiger charge is -2.23. The Morgan fingerprint density at radius 2 is 2.30 bits per heavy atom. The molecule has 0 fully saturated rings. The summed E-state index contributed by atoms with van der Waals surface area (Å²) in [4.78, 5) is 0. The SMILES string of the molecule is CN1C=CC(N)(C(F)F)N1. The molecule has 1 heterocycles. The van der Waals surface area contributed by atoms with Crippen LogP contribution in [0.2, 0.25) is 0 Å².